The summed E-state index contributed by atoms with van der Waals surface area (Å²) >= 11 is 1.45. The Morgan fingerprint density at radius 3 is 3.00 bits per heavy atom. The molecule has 1 aromatic heterocycles. The maximum Gasteiger partial charge on any atom is 0.256 e. The zero-order chi connectivity index (χ0) is 11.0. The first-order chi connectivity index (χ1) is 7.86. The van der Waals surface area contributed by atoms with Crippen LogP contribution in [0.15, 0.2) is 18.2 Å². The largest absolute Gasteiger partial charge is 0.339 e. The van der Waals surface area contributed by atoms with Crippen LogP contribution < -0.4 is 0 Å². The van der Waals surface area contributed by atoms with Crippen LogP contribution in [0.5, 0.6) is 0 Å². The van der Waals surface area contributed by atoms with Crippen molar-refractivity contribution >= 4 is 27.5 Å². The van der Waals surface area contributed by atoms with Crippen molar-refractivity contribution in [2.45, 2.75) is 12.8 Å². The van der Waals surface area contributed by atoms with Crippen LogP contribution in [0.25, 0.3) is 10.2 Å². The molecule has 0 atom stereocenters. The first kappa shape index (κ1) is 9.78. The molecule has 1 aromatic carbocycles. The highest BCUT2D eigenvalue weighted by Crippen LogP contribution is 2.23. The van der Waals surface area contributed by atoms with Gasteiger partial charge >= 0.3 is 0 Å². The molecule has 2 aromatic rings. The van der Waals surface area contributed by atoms with Gasteiger partial charge in [-0.1, -0.05) is 6.07 Å². The van der Waals surface area contributed by atoms with E-state index < -0.39 is 0 Å². The number of hydrogen-bond acceptors (Lipinski definition) is 3. The first-order valence-corrected chi connectivity index (χ1v) is 6.23. The normalized spacial score (nSPS) is 15.9. The molecule has 81 valence electrons. The number of aromatic nitrogens is 1. The van der Waals surface area contributed by atoms with Crippen LogP contribution in [0.4, 0.5) is 0 Å². The second kappa shape index (κ2) is 3.87. The topological polar surface area (TPSA) is 33.2 Å². The van der Waals surface area contributed by atoms with E-state index in [1.54, 1.807) is 0 Å². The fourth-order valence-electron chi connectivity index (χ4n) is 2.10. The van der Waals surface area contributed by atoms with E-state index in [1.165, 1.54) is 11.3 Å². The van der Waals surface area contributed by atoms with Crippen LogP contribution in [0.2, 0.25) is 0 Å². The zero-order valence-electron chi connectivity index (χ0n) is 8.77. The summed E-state index contributed by atoms with van der Waals surface area (Å²) in [5, 5.41) is 0. The summed E-state index contributed by atoms with van der Waals surface area (Å²) in [6.45, 7) is 1.76. The highest BCUT2D eigenvalue weighted by atomic mass is 32.1. The first-order valence-electron chi connectivity index (χ1n) is 5.41. The molecule has 1 amide bonds. The molecular weight excluding hydrogens is 220 g/mol. The number of hydrogen-bond donors (Lipinski definition) is 0. The predicted octanol–water partition coefficient (Wildman–Crippen LogP) is 2.33. The number of fused-ring (bicyclic) bond motifs is 1. The lowest BCUT2D eigenvalue weighted by Crippen LogP contribution is -2.27. The molecule has 0 N–H and O–H groups in total. The third-order valence-corrected chi connectivity index (χ3v) is 3.67. The lowest BCUT2D eigenvalue weighted by molar-refractivity contribution is 0.0794. The van der Waals surface area contributed by atoms with Crippen molar-refractivity contribution in [3.8, 4) is 0 Å². The number of nitrogens with zero attached hydrogens (tertiary/aromatic N) is 2. The summed E-state index contributed by atoms with van der Waals surface area (Å²) in [7, 11) is 0. The number of benzene rings is 1. The van der Waals surface area contributed by atoms with Crippen molar-refractivity contribution in [2.75, 3.05) is 13.1 Å². The maximum atomic E-state index is 12.2. The molecular formula is C12H11N2OS. The van der Waals surface area contributed by atoms with Gasteiger partial charge in [0.1, 0.15) is 0 Å². The molecule has 0 bridgehead atoms. The van der Waals surface area contributed by atoms with Crippen molar-refractivity contribution in [2.24, 2.45) is 0 Å². The van der Waals surface area contributed by atoms with Gasteiger partial charge in [-0.25, -0.2) is 4.98 Å². The molecule has 16 heavy (non-hydrogen) atoms. The Bertz CT molecular complexity index is 529. The lowest BCUT2D eigenvalue weighted by Gasteiger charge is -2.15. The van der Waals surface area contributed by atoms with Crippen molar-refractivity contribution in [3.63, 3.8) is 0 Å². The van der Waals surface area contributed by atoms with Gasteiger partial charge in [-0.3, -0.25) is 4.79 Å². The Morgan fingerprint density at radius 2 is 2.19 bits per heavy atom. The number of rotatable bonds is 1. The summed E-state index contributed by atoms with van der Waals surface area (Å²) in [4.78, 5) is 18.3. The number of para-hydroxylation sites is 1. The molecule has 0 aliphatic carbocycles. The van der Waals surface area contributed by atoms with Crippen molar-refractivity contribution in [3.05, 3.63) is 29.3 Å². The van der Waals surface area contributed by atoms with Crippen LogP contribution in [0, 0.1) is 5.51 Å². The Morgan fingerprint density at radius 1 is 1.38 bits per heavy atom. The van der Waals surface area contributed by atoms with Crippen molar-refractivity contribution in [1.82, 2.24) is 9.88 Å². The molecule has 1 saturated heterocycles. The maximum absolute atomic E-state index is 12.2. The Labute approximate surface area is 97.7 Å². The summed E-state index contributed by atoms with van der Waals surface area (Å²) in [5.74, 6) is 0.113. The van der Waals surface area contributed by atoms with E-state index in [9.17, 15) is 4.79 Å². The summed E-state index contributed by atoms with van der Waals surface area (Å²) in [6.07, 6.45) is 2.23. The zero-order valence-corrected chi connectivity index (χ0v) is 9.59. The van der Waals surface area contributed by atoms with E-state index >= 15 is 0 Å². The number of carbonyl (C=O) groups is 1. The molecule has 1 aliphatic rings. The molecule has 2 heterocycles. The third-order valence-electron chi connectivity index (χ3n) is 2.94. The van der Waals surface area contributed by atoms with Crippen LogP contribution >= 0.6 is 11.3 Å². The van der Waals surface area contributed by atoms with Crippen LogP contribution in [0.3, 0.4) is 0 Å². The van der Waals surface area contributed by atoms with Gasteiger partial charge in [0.15, 0.2) is 5.51 Å². The standard InChI is InChI=1S/C12H11N2OS/c15-12(14-6-1-2-7-14)9-4-3-5-10-11(9)13-8-16-10/h3-5H,1-2,6-7H2. The van der Waals surface area contributed by atoms with Gasteiger partial charge in [-0.2, -0.15) is 0 Å². The minimum atomic E-state index is 0.113. The fourth-order valence-corrected chi connectivity index (χ4v) is 2.73. The highest BCUT2D eigenvalue weighted by molar-refractivity contribution is 7.16. The third kappa shape index (κ3) is 1.50. The van der Waals surface area contributed by atoms with Gasteiger partial charge in [0.25, 0.3) is 5.91 Å². The van der Waals surface area contributed by atoms with Gasteiger partial charge < -0.3 is 4.90 Å². The summed E-state index contributed by atoms with van der Waals surface area (Å²) in [5.41, 5.74) is 4.36. The molecule has 0 spiro atoms. The van der Waals surface area contributed by atoms with E-state index in [-0.39, 0.29) is 5.91 Å². The minimum absolute atomic E-state index is 0.113. The molecule has 1 aliphatic heterocycles. The van der Waals surface area contributed by atoms with Crippen molar-refractivity contribution in [1.29, 1.82) is 0 Å². The second-order valence-electron chi connectivity index (χ2n) is 3.96. The smallest absolute Gasteiger partial charge is 0.256 e. The van der Waals surface area contributed by atoms with Crippen LogP contribution in [0.1, 0.15) is 23.2 Å². The van der Waals surface area contributed by atoms with Crippen molar-refractivity contribution < 1.29 is 4.79 Å². The average molecular weight is 231 g/mol. The lowest BCUT2D eigenvalue weighted by atomic mass is 10.2. The molecule has 3 nitrogen and oxygen atoms in total. The molecule has 4 heteroatoms. The number of thiazole rings is 1. The highest BCUT2D eigenvalue weighted by Gasteiger charge is 2.21. The Balaban J connectivity index is 2.04. The molecule has 0 saturated carbocycles. The van der Waals surface area contributed by atoms with E-state index in [2.05, 4.69) is 10.5 Å². The SMILES string of the molecule is O=C(c1cccc2s[c]nc12)N1CCCC1. The van der Waals surface area contributed by atoms with E-state index in [1.807, 2.05) is 23.1 Å². The predicted molar refractivity (Wildman–Crippen MR) is 63.6 cm³/mol. The van der Waals surface area contributed by atoms with Gasteiger partial charge in [0.2, 0.25) is 0 Å². The van der Waals surface area contributed by atoms with Gasteiger partial charge in [0, 0.05) is 13.1 Å². The van der Waals surface area contributed by atoms with Gasteiger partial charge in [0.05, 0.1) is 15.8 Å². The Kier molecular flexibility index (Phi) is 2.36. The van der Waals surface area contributed by atoms with Gasteiger partial charge in [-0.05, 0) is 25.0 Å². The van der Waals surface area contributed by atoms with E-state index in [0.29, 0.717) is 0 Å². The molecule has 3 rings (SSSR count). The average Bonchev–Trinajstić information content (AvgIpc) is 2.98. The number of carbonyl (C=O) groups excluding carboxylic acids is 1. The number of amides is 1. The van der Waals surface area contributed by atoms with Crippen LogP contribution in [-0.4, -0.2) is 28.9 Å². The summed E-state index contributed by atoms with van der Waals surface area (Å²) in [6, 6.07) is 5.75. The van der Waals surface area contributed by atoms with E-state index in [4.69, 9.17) is 0 Å². The second-order valence-corrected chi connectivity index (χ2v) is 4.78. The molecule has 1 fully saturated rings. The minimum Gasteiger partial charge on any atom is -0.339 e. The Hall–Kier alpha value is -1.42. The monoisotopic (exact) mass is 231 g/mol. The van der Waals surface area contributed by atoms with Gasteiger partial charge in [-0.15, -0.1) is 11.3 Å². The van der Waals surface area contributed by atoms with Crippen LogP contribution in [-0.2, 0) is 0 Å². The summed E-state index contributed by atoms with van der Waals surface area (Å²) < 4.78 is 1.03. The molecule has 0 unspecified atom stereocenters. The van der Waals surface area contributed by atoms with E-state index in [0.717, 1.165) is 41.7 Å². The number of likely N-dealkylation sites (tertiary alicyclic amines) is 1. The quantitative estimate of drug-likeness (QED) is 0.754. The fraction of sp³-hybridized carbons (Fsp3) is 0.333. The molecule has 1 radical (unpaired) electrons.